The number of morpholine rings is 1. The van der Waals surface area contributed by atoms with Gasteiger partial charge in [-0.15, -0.1) is 0 Å². The number of hydrogen-bond acceptors (Lipinski definition) is 4. The fourth-order valence-electron chi connectivity index (χ4n) is 2.36. The first kappa shape index (κ1) is 11.3. The number of nitrogens with zero attached hydrogens (tertiary/aromatic N) is 2. The van der Waals surface area contributed by atoms with Crippen molar-refractivity contribution in [1.82, 2.24) is 15.3 Å². The van der Waals surface area contributed by atoms with Gasteiger partial charge in [0, 0.05) is 25.2 Å². The van der Waals surface area contributed by atoms with E-state index in [2.05, 4.69) is 29.3 Å². The van der Waals surface area contributed by atoms with E-state index in [0.29, 0.717) is 12.1 Å². The Kier molecular flexibility index (Phi) is 3.97. The predicted octanol–water partition coefficient (Wildman–Crippen LogP) is 0.306. The lowest BCUT2D eigenvalue weighted by Gasteiger charge is -2.39. The van der Waals surface area contributed by atoms with Gasteiger partial charge in [0.25, 0.3) is 0 Å². The molecule has 2 rings (SSSR count). The number of ether oxygens (including phenoxy) is 1. The molecule has 2 heterocycles. The van der Waals surface area contributed by atoms with Crippen molar-refractivity contribution in [1.29, 1.82) is 0 Å². The number of hydrazine groups is 1. The highest BCUT2D eigenvalue weighted by Gasteiger charge is 2.24. The van der Waals surface area contributed by atoms with E-state index in [1.807, 2.05) is 0 Å². The van der Waals surface area contributed by atoms with Gasteiger partial charge in [0.2, 0.25) is 0 Å². The maximum atomic E-state index is 5.34. The zero-order valence-corrected chi connectivity index (χ0v) is 9.91. The molecule has 0 aliphatic carbocycles. The van der Waals surface area contributed by atoms with Crippen molar-refractivity contribution in [3.05, 3.63) is 0 Å². The van der Waals surface area contributed by atoms with E-state index in [4.69, 9.17) is 4.74 Å². The summed E-state index contributed by atoms with van der Waals surface area (Å²) >= 11 is 0. The quantitative estimate of drug-likeness (QED) is 0.714. The fraction of sp³-hybridized carbons (Fsp3) is 1.00. The molecule has 4 heteroatoms. The molecule has 2 atom stereocenters. The summed E-state index contributed by atoms with van der Waals surface area (Å²) in [6.45, 7) is 7.32. The summed E-state index contributed by atoms with van der Waals surface area (Å²) in [5.41, 5.74) is 3.64. The fourth-order valence-corrected chi connectivity index (χ4v) is 2.36. The number of rotatable bonds is 2. The molecule has 0 amide bonds. The molecule has 4 nitrogen and oxygen atoms in total. The monoisotopic (exact) mass is 213 g/mol. The van der Waals surface area contributed by atoms with Crippen LogP contribution in [0, 0.1) is 0 Å². The van der Waals surface area contributed by atoms with Crippen molar-refractivity contribution >= 4 is 0 Å². The van der Waals surface area contributed by atoms with Crippen LogP contribution >= 0.6 is 0 Å². The number of hydrogen-bond donors (Lipinski definition) is 1. The highest BCUT2D eigenvalue weighted by Crippen LogP contribution is 2.15. The van der Waals surface area contributed by atoms with Crippen LogP contribution in [0.5, 0.6) is 0 Å². The van der Waals surface area contributed by atoms with Crippen LogP contribution in [0.4, 0.5) is 0 Å². The third-order valence-corrected chi connectivity index (χ3v) is 3.58. The molecule has 15 heavy (non-hydrogen) atoms. The summed E-state index contributed by atoms with van der Waals surface area (Å²) in [6, 6.07) is 1.37. The molecule has 1 N–H and O–H groups in total. The number of piperidine rings is 1. The van der Waals surface area contributed by atoms with Crippen molar-refractivity contribution < 1.29 is 4.74 Å². The Morgan fingerprint density at radius 3 is 2.60 bits per heavy atom. The Morgan fingerprint density at radius 2 is 1.93 bits per heavy atom. The molecule has 2 unspecified atom stereocenters. The lowest BCUT2D eigenvalue weighted by atomic mass is 10.00. The lowest BCUT2D eigenvalue weighted by molar-refractivity contribution is -0.00516. The molecule has 0 aromatic rings. The lowest BCUT2D eigenvalue weighted by Crippen LogP contribution is -2.54. The molecule has 0 aromatic carbocycles. The van der Waals surface area contributed by atoms with E-state index in [0.717, 1.165) is 26.3 Å². The van der Waals surface area contributed by atoms with E-state index in [1.165, 1.54) is 19.4 Å². The van der Waals surface area contributed by atoms with Crippen molar-refractivity contribution in [2.45, 2.75) is 31.8 Å². The van der Waals surface area contributed by atoms with Crippen LogP contribution < -0.4 is 5.43 Å². The van der Waals surface area contributed by atoms with Crippen molar-refractivity contribution in [3.8, 4) is 0 Å². The Balaban J connectivity index is 1.74. The van der Waals surface area contributed by atoms with Crippen molar-refractivity contribution in [2.75, 3.05) is 39.9 Å². The van der Waals surface area contributed by atoms with E-state index >= 15 is 0 Å². The first-order valence-corrected chi connectivity index (χ1v) is 6.05. The van der Waals surface area contributed by atoms with Gasteiger partial charge >= 0.3 is 0 Å². The van der Waals surface area contributed by atoms with Gasteiger partial charge in [-0.25, -0.2) is 5.01 Å². The van der Waals surface area contributed by atoms with E-state index in [9.17, 15) is 0 Å². The molecule has 2 aliphatic heterocycles. The topological polar surface area (TPSA) is 27.7 Å². The summed E-state index contributed by atoms with van der Waals surface area (Å²) in [5, 5.41) is 2.33. The predicted molar refractivity (Wildman–Crippen MR) is 60.6 cm³/mol. The van der Waals surface area contributed by atoms with Crippen LogP contribution in [0.15, 0.2) is 0 Å². The van der Waals surface area contributed by atoms with Crippen LogP contribution in [-0.2, 0) is 4.74 Å². The Hall–Kier alpha value is -0.160. The second-order valence-corrected chi connectivity index (χ2v) is 4.78. The average molecular weight is 213 g/mol. The van der Waals surface area contributed by atoms with E-state index in [1.54, 1.807) is 0 Å². The summed E-state index contributed by atoms with van der Waals surface area (Å²) in [4.78, 5) is 2.44. The van der Waals surface area contributed by atoms with Gasteiger partial charge in [-0.2, -0.15) is 0 Å². The van der Waals surface area contributed by atoms with Gasteiger partial charge in [0.15, 0.2) is 0 Å². The Labute approximate surface area is 92.5 Å². The zero-order valence-electron chi connectivity index (χ0n) is 9.91. The Bertz CT molecular complexity index is 194. The minimum atomic E-state index is 0.661. The molecular formula is C11H23N3O. The second kappa shape index (κ2) is 5.25. The SMILES string of the molecule is CC1CC(NN2CCOCC2)CCN1C. The summed E-state index contributed by atoms with van der Waals surface area (Å²) in [6.07, 6.45) is 2.52. The van der Waals surface area contributed by atoms with E-state index < -0.39 is 0 Å². The summed E-state index contributed by atoms with van der Waals surface area (Å²) in [7, 11) is 2.22. The first-order valence-electron chi connectivity index (χ1n) is 6.05. The summed E-state index contributed by atoms with van der Waals surface area (Å²) < 4.78 is 5.34. The first-order chi connectivity index (χ1) is 7.25. The maximum Gasteiger partial charge on any atom is 0.0608 e. The normalized spacial score (nSPS) is 35.6. The molecule has 88 valence electrons. The van der Waals surface area contributed by atoms with Crippen LogP contribution in [0.1, 0.15) is 19.8 Å². The maximum absolute atomic E-state index is 5.34. The largest absolute Gasteiger partial charge is 0.379 e. The van der Waals surface area contributed by atoms with Gasteiger partial charge < -0.3 is 9.64 Å². The van der Waals surface area contributed by atoms with Gasteiger partial charge in [-0.1, -0.05) is 0 Å². The Morgan fingerprint density at radius 1 is 1.20 bits per heavy atom. The molecule has 2 aliphatic rings. The van der Waals surface area contributed by atoms with Crippen LogP contribution in [0.25, 0.3) is 0 Å². The van der Waals surface area contributed by atoms with Crippen LogP contribution in [-0.4, -0.2) is 61.9 Å². The smallest absolute Gasteiger partial charge is 0.0608 e. The van der Waals surface area contributed by atoms with Gasteiger partial charge in [-0.3, -0.25) is 5.43 Å². The van der Waals surface area contributed by atoms with Crippen molar-refractivity contribution in [2.24, 2.45) is 0 Å². The van der Waals surface area contributed by atoms with Gasteiger partial charge in [0.05, 0.1) is 13.2 Å². The minimum Gasteiger partial charge on any atom is -0.379 e. The third kappa shape index (κ3) is 3.14. The van der Waals surface area contributed by atoms with Gasteiger partial charge in [0.1, 0.15) is 0 Å². The molecule has 0 saturated carbocycles. The number of likely N-dealkylation sites (tertiary alicyclic amines) is 1. The molecule has 0 radical (unpaired) electrons. The molecule has 2 fully saturated rings. The highest BCUT2D eigenvalue weighted by molar-refractivity contribution is 4.80. The molecule has 0 bridgehead atoms. The second-order valence-electron chi connectivity index (χ2n) is 4.78. The molecule has 0 spiro atoms. The van der Waals surface area contributed by atoms with Gasteiger partial charge in [-0.05, 0) is 33.4 Å². The standard InChI is InChI=1S/C11H23N3O/c1-10-9-11(3-4-13(10)2)12-14-5-7-15-8-6-14/h10-12H,3-9H2,1-2H3. The molecule has 0 aromatic heterocycles. The zero-order chi connectivity index (χ0) is 10.7. The molecule has 2 saturated heterocycles. The average Bonchev–Trinajstić information content (AvgIpc) is 2.25. The minimum absolute atomic E-state index is 0.661. The van der Waals surface area contributed by atoms with Crippen LogP contribution in [0.3, 0.4) is 0 Å². The van der Waals surface area contributed by atoms with E-state index in [-0.39, 0.29) is 0 Å². The van der Waals surface area contributed by atoms with Crippen molar-refractivity contribution in [3.63, 3.8) is 0 Å². The van der Waals surface area contributed by atoms with Crippen LogP contribution in [0.2, 0.25) is 0 Å². The third-order valence-electron chi connectivity index (χ3n) is 3.58. The summed E-state index contributed by atoms with van der Waals surface area (Å²) in [5.74, 6) is 0. The number of nitrogens with one attached hydrogen (secondary N) is 1. The molecular weight excluding hydrogens is 190 g/mol. The highest BCUT2D eigenvalue weighted by atomic mass is 16.5.